The van der Waals surface area contributed by atoms with Gasteiger partial charge >= 0.3 is 6.03 Å². The molecule has 0 bridgehead atoms. The number of amides is 2. The van der Waals surface area contributed by atoms with Gasteiger partial charge in [-0.15, -0.1) is 0 Å². The summed E-state index contributed by atoms with van der Waals surface area (Å²) in [6, 6.07) is 5.87. The molecule has 2 aromatic heterocycles. The molecule has 1 aliphatic carbocycles. The van der Waals surface area contributed by atoms with Crippen LogP contribution in [0.5, 0.6) is 0 Å². The van der Waals surface area contributed by atoms with Crippen LogP contribution in [0, 0.1) is 0 Å². The van der Waals surface area contributed by atoms with E-state index in [4.69, 9.17) is 10.3 Å². The molecule has 5 rings (SSSR count). The molecule has 9 heteroatoms. The number of fused-ring (bicyclic) bond motifs is 1. The van der Waals surface area contributed by atoms with Gasteiger partial charge < -0.3 is 15.2 Å². The second kappa shape index (κ2) is 7.64. The minimum absolute atomic E-state index is 0.0815. The van der Waals surface area contributed by atoms with Gasteiger partial charge in [0, 0.05) is 37.7 Å². The van der Waals surface area contributed by atoms with Crippen molar-refractivity contribution in [2.75, 3.05) is 13.1 Å². The van der Waals surface area contributed by atoms with Crippen molar-refractivity contribution in [2.24, 2.45) is 5.73 Å². The highest BCUT2D eigenvalue weighted by Crippen LogP contribution is 2.38. The Morgan fingerprint density at radius 3 is 2.87 bits per heavy atom. The van der Waals surface area contributed by atoms with Crippen LogP contribution in [-0.2, 0) is 12.8 Å². The predicted octanol–water partition coefficient (Wildman–Crippen LogP) is 2.73. The molecule has 2 N–H and O–H groups in total. The number of hydrogen-bond acceptors (Lipinski definition) is 6. The maximum atomic E-state index is 12.9. The topological polar surface area (TPSA) is 120 Å². The molecule has 3 aromatic rings. The molecule has 2 amide bonds. The summed E-state index contributed by atoms with van der Waals surface area (Å²) in [4.78, 5) is 30.0. The lowest BCUT2D eigenvalue weighted by Gasteiger charge is -2.37. The number of Topliss-reactive ketones (excluding diaryl/α,β-unsaturated/α-hetero) is 1. The fourth-order valence-corrected chi connectivity index (χ4v) is 4.40. The number of hydrogen-bond donors (Lipinski definition) is 1. The Kier molecular flexibility index (Phi) is 4.80. The van der Waals surface area contributed by atoms with Crippen LogP contribution < -0.4 is 5.73 Å². The van der Waals surface area contributed by atoms with Crippen molar-refractivity contribution in [1.82, 2.24) is 24.8 Å². The molecule has 31 heavy (non-hydrogen) atoms. The average Bonchev–Trinajstić information content (AvgIpc) is 3.46. The second-order valence-corrected chi connectivity index (χ2v) is 8.25. The third kappa shape index (κ3) is 3.60. The fraction of sp³-hybridized carbons (Fsp3) is 0.409. The highest BCUT2D eigenvalue weighted by atomic mass is 16.5. The van der Waals surface area contributed by atoms with Gasteiger partial charge in [0.25, 0.3) is 0 Å². The number of carbonyl (C=O) groups is 2. The van der Waals surface area contributed by atoms with Gasteiger partial charge in [-0.3, -0.25) is 9.48 Å². The maximum Gasteiger partial charge on any atom is 0.314 e. The molecule has 0 saturated carbocycles. The van der Waals surface area contributed by atoms with E-state index in [0.29, 0.717) is 43.2 Å². The highest BCUT2D eigenvalue weighted by Gasteiger charge is 2.32. The third-order valence-electron chi connectivity index (χ3n) is 6.28. The molecule has 0 unspecified atom stereocenters. The van der Waals surface area contributed by atoms with E-state index < -0.39 is 6.03 Å². The summed E-state index contributed by atoms with van der Waals surface area (Å²) in [5.74, 6) is 1.52. The minimum atomic E-state index is -0.423. The normalized spacial score (nSPS) is 18.1. The standard InChI is InChI=1S/C22H24N6O3/c1-2-20-25-21(26-31-20)15-5-6-18-13(7-15)3-4-14(18)8-19(29)16-9-24-28(10-16)17-11-27(12-17)22(23)30/h5-7,9-10,14,17H,2-4,8,11-12H2,1H3,(H2,23,30)/t14-/m0/s1. The SMILES string of the molecule is CCc1nc(-c2ccc3c(c2)CC[C@H]3CC(=O)c2cnn(C3CN(C(N)=O)C3)c2)no1. The summed E-state index contributed by atoms with van der Waals surface area (Å²) >= 11 is 0. The van der Waals surface area contributed by atoms with Gasteiger partial charge in [-0.05, 0) is 36.0 Å². The number of primary amides is 1. The molecule has 0 radical (unpaired) electrons. The molecule has 1 fully saturated rings. The lowest BCUT2D eigenvalue weighted by molar-refractivity contribution is 0.0972. The summed E-state index contributed by atoms with van der Waals surface area (Å²) in [7, 11) is 0. The number of aryl methyl sites for hydroxylation is 2. The Labute approximate surface area is 179 Å². The third-order valence-corrected chi connectivity index (χ3v) is 6.28. The number of likely N-dealkylation sites (tertiary alicyclic amines) is 1. The number of benzene rings is 1. The first-order valence-corrected chi connectivity index (χ1v) is 10.6. The van der Waals surface area contributed by atoms with Crippen LogP contribution in [0.1, 0.15) is 59.1 Å². The van der Waals surface area contributed by atoms with Crippen molar-refractivity contribution in [2.45, 2.75) is 44.6 Å². The summed E-state index contributed by atoms with van der Waals surface area (Å²) < 4.78 is 6.98. The fourth-order valence-electron chi connectivity index (χ4n) is 4.40. The van der Waals surface area contributed by atoms with Gasteiger partial charge in [-0.2, -0.15) is 10.1 Å². The zero-order valence-corrected chi connectivity index (χ0v) is 17.3. The van der Waals surface area contributed by atoms with Gasteiger partial charge in [-0.25, -0.2) is 4.79 Å². The van der Waals surface area contributed by atoms with Crippen LogP contribution in [-0.4, -0.2) is 49.7 Å². The Hall–Kier alpha value is -3.49. The van der Waals surface area contributed by atoms with Crippen molar-refractivity contribution in [1.29, 1.82) is 0 Å². The Balaban J connectivity index is 1.25. The quantitative estimate of drug-likeness (QED) is 0.612. The van der Waals surface area contributed by atoms with E-state index in [-0.39, 0.29) is 17.7 Å². The number of aromatic nitrogens is 4. The Morgan fingerprint density at radius 1 is 1.29 bits per heavy atom. The van der Waals surface area contributed by atoms with Crippen molar-refractivity contribution in [3.05, 3.63) is 53.2 Å². The molecule has 0 spiro atoms. The first-order chi connectivity index (χ1) is 15.0. The predicted molar refractivity (Wildman–Crippen MR) is 112 cm³/mol. The van der Waals surface area contributed by atoms with Crippen LogP contribution >= 0.6 is 0 Å². The molecule has 160 valence electrons. The molecule has 2 aliphatic rings. The van der Waals surface area contributed by atoms with Gasteiger partial charge in [0.15, 0.2) is 5.78 Å². The van der Waals surface area contributed by atoms with Crippen molar-refractivity contribution < 1.29 is 14.1 Å². The number of rotatable bonds is 6. The van der Waals surface area contributed by atoms with Crippen molar-refractivity contribution in [3.8, 4) is 11.4 Å². The molecule has 1 aromatic carbocycles. The number of ketones is 1. The largest absolute Gasteiger partial charge is 0.351 e. The van der Waals surface area contributed by atoms with Crippen LogP contribution in [0.15, 0.2) is 35.1 Å². The molecule has 1 saturated heterocycles. The van der Waals surface area contributed by atoms with Crippen molar-refractivity contribution >= 4 is 11.8 Å². The monoisotopic (exact) mass is 420 g/mol. The van der Waals surface area contributed by atoms with E-state index in [1.54, 1.807) is 22.0 Å². The first-order valence-electron chi connectivity index (χ1n) is 10.6. The number of nitrogens with two attached hydrogens (primary N) is 1. The van der Waals surface area contributed by atoms with E-state index in [9.17, 15) is 9.59 Å². The van der Waals surface area contributed by atoms with Crippen LogP contribution in [0.2, 0.25) is 0 Å². The smallest absolute Gasteiger partial charge is 0.314 e. The molecular weight excluding hydrogens is 396 g/mol. The number of nitrogens with zero attached hydrogens (tertiary/aromatic N) is 5. The molecule has 1 atom stereocenters. The molecule has 1 aliphatic heterocycles. The summed E-state index contributed by atoms with van der Waals surface area (Å²) in [6.07, 6.45) is 6.45. The van der Waals surface area contributed by atoms with Gasteiger partial charge in [0.05, 0.1) is 17.8 Å². The molecule has 9 nitrogen and oxygen atoms in total. The van der Waals surface area contributed by atoms with E-state index in [2.05, 4.69) is 27.4 Å². The lowest BCUT2D eigenvalue weighted by Crippen LogP contribution is -2.52. The van der Waals surface area contributed by atoms with Gasteiger partial charge in [0.1, 0.15) is 0 Å². The Bertz CT molecular complexity index is 1140. The van der Waals surface area contributed by atoms with E-state index >= 15 is 0 Å². The molecule has 3 heterocycles. The van der Waals surface area contributed by atoms with E-state index in [0.717, 1.165) is 18.4 Å². The second-order valence-electron chi connectivity index (χ2n) is 8.25. The highest BCUT2D eigenvalue weighted by molar-refractivity contribution is 5.96. The van der Waals surface area contributed by atoms with Crippen molar-refractivity contribution in [3.63, 3.8) is 0 Å². The first kappa shape index (κ1) is 19.5. The zero-order chi connectivity index (χ0) is 21.5. The van der Waals surface area contributed by atoms with Gasteiger partial charge in [-0.1, -0.05) is 24.2 Å². The number of carbonyl (C=O) groups excluding carboxylic acids is 2. The average molecular weight is 420 g/mol. The van der Waals surface area contributed by atoms with Crippen LogP contribution in [0.25, 0.3) is 11.4 Å². The van der Waals surface area contributed by atoms with E-state index in [1.165, 1.54) is 11.1 Å². The zero-order valence-electron chi connectivity index (χ0n) is 17.3. The summed E-state index contributed by atoms with van der Waals surface area (Å²) in [6.45, 7) is 3.04. The Morgan fingerprint density at radius 2 is 2.13 bits per heavy atom. The minimum Gasteiger partial charge on any atom is -0.351 e. The summed E-state index contributed by atoms with van der Waals surface area (Å²) in [5.41, 5.74) is 9.29. The van der Waals surface area contributed by atoms with E-state index in [1.807, 2.05) is 13.0 Å². The maximum absolute atomic E-state index is 12.9. The van der Waals surface area contributed by atoms with Gasteiger partial charge in [0.2, 0.25) is 11.7 Å². The summed E-state index contributed by atoms with van der Waals surface area (Å²) in [5, 5.41) is 8.37. The molecular formula is C22H24N6O3. The lowest BCUT2D eigenvalue weighted by atomic mass is 9.93. The number of urea groups is 1. The van der Waals surface area contributed by atoms with Crippen LogP contribution in [0.3, 0.4) is 0 Å². The van der Waals surface area contributed by atoms with Crippen LogP contribution in [0.4, 0.5) is 4.79 Å².